The first-order valence-electron chi connectivity index (χ1n) is 5.50. The van der Waals surface area contributed by atoms with E-state index in [0.717, 1.165) is 11.5 Å². The zero-order valence-corrected chi connectivity index (χ0v) is 10.4. The lowest BCUT2D eigenvalue weighted by molar-refractivity contribution is -0.137. The fraction of sp³-hybridized carbons (Fsp3) is 0.455. The molecule has 0 aromatic carbocycles. The van der Waals surface area contributed by atoms with Gasteiger partial charge in [-0.2, -0.15) is 22.1 Å². The summed E-state index contributed by atoms with van der Waals surface area (Å²) in [6, 6.07) is 3.53. The van der Waals surface area contributed by atoms with Crippen molar-refractivity contribution in [3.8, 4) is 6.07 Å². The van der Waals surface area contributed by atoms with Crippen LogP contribution in [0.1, 0.15) is 12.0 Å². The molecule has 0 aliphatic carbocycles. The molecule has 0 radical (unpaired) electrons. The molecule has 1 N–H and O–H groups in total. The van der Waals surface area contributed by atoms with E-state index in [1.165, 1.54) is 6.20 Å². The molecule has 0 bridgehead atoms. The molecular formula is C11H12N4O2S. The summed E-state index contributed by atoms with van der Waals surface area (Å²) in [7, 11) is 0. The van der Waals surface area contributed by atoms with E-state index in [9.17, 15) is 4.79 Å². The molecule has 2 rings (SSSR count). The second kappa shape index (κ2) is 5.69. The highest BCUT2D eigenvalue weighted by atomic mass is 32.2. The molecule has 1 aromatic heterocycles. The number of hydrogen-bond acceptors (Lipinski definition) is 6. The van der Waals surface area contributed by atoms with Crippen molar-refractivity contribution in [2.24, 2.45) is 0 Å². The highest BCUT2D eigenvalue weighted by Crippen LogP contribution is 2.26. The molecule has 18 heavy (non-hydrogen) atoms. The number of anilines is 1. The summed E-state index contributed by atoms with van der Waals surface area (Å²) < 4.78 is 0. The molecule has 1 aliphatic rings. The van der Waals surface area contributed by atoms with Gasteiger partial charge in [0.05, 0.1) is 24.2 Å². The highest BCUT2D eigenvalue weighted by molar-refractivity contribution is 7.99. The standard InChI is InChI=1S/C11H12N4O2S/c12-6-8-1-2-13-14-11(8)15-3-4-18-7-9(15)5-10(16)17/h1-2,9H,3-5,7H2,(H,16,17). The highest BCUT2D eigenvalue weighted by Gasteiger charge is 2.27. The van der Waals surface area contributed by atoms with Crippen LogP contribution >= 0.6 is 11.8 Å². The van der Waals surface area contributed by atoms with E-state index < -0.39 is 5.97 Å². The van der Waals surface area contributed by atoms with E-state index >= 15 is 0 Å². The summed E-state index contributed by atoms with van der Waals surface area (Å²) in [4.78, 5) is 12.7. The number of carboxylic acid groups (broad SMARTS) is 1. The molecule has 0 amide bonds. The Bertz CT molecular complexity index is 488. The van der Waals surface area contributed by atoms with Crippen LogP contribution in [0.4, 0.5) is 5.82 Å². The molecule has 2 heterocycles. The fourth-order valence-corrected chi connectivity index (χ4v) is 2.99. The van der Waals surface area contributed by atoms with Gasteiger partial charge in [0.1, 0.15) is 6.07 Å². The van der Waals surface area contributed by atoms with Crippen LogP contribution < -0.4 is 4.90 Å². The van der Waals surface area contributed by atoms with Gasteiger partial charge < -0.3 is 10.0 Å². The fourth-order valence-electron chi connectivity index (χ4n) is 1.93. The largest absolute Gasteiger partial charge is 0.481 e. The van der Waals surface area contributed by atoms with Gasteiger partial charge in [-0.3, -0.25) is 4.79 Å². The van der Waals surface area contributed by atoms with Gasteiger partial charge in [0.25, 0.3) is 0 Å². The quantitative estimate of drug-likeness (QED) is 0.861. The molecule has 0 spiro atoms. The summed E-state index contributed by atoms with van der Waals surface area (Å²) in [5, 5.41) is 25.7. The van der Waals surface area contributed by atoms with Crippen molar-refractivity contribution in [1.82, 2.24) is 10.2 Å². The molecule has 1 unspecified atom stereocenters. The second-order valence-corrected chi connectivity index (χ2v) is 5.05. The van der Waals surface area contributed by atoms with Gasteiger partial charge in [0, 0.05) is 18.1 Å². The molecule has 1 aromatic rings. The summed E-state index contributed by atoms with van der Waals surface area (Å²) in [6.07, 6.45) is 1.52. The molecule has 1 atom stereocenters. The number of thioether (sulfide) groups is 1. The number of hydrogen-bond donors (Lipinski definition) is 1. The average Bonchev–Trinajstić information content (AvgIpc) is 2.39. The number of aliphatic carboxylic acids is 1. The van der Waals surface area contributed by atoms with Crippen molar-refractivity contribution in [3.05, 3.63) is 17.8 Å². The minimum atomic E-state index is -0.838. The monoisotopic (exact) mass is 264 g/mol. The Balaban J connectivity index is 2.28. The van der Waals surface area contributed by atoms with Gasteiger partial charge in [0.2, 0.25) is 0 Å². The van der Waals surface area contributed by atoms with E-state index in [-0.39, 0.29) is 12.5 Å². The first kappa shape index (κ1) is 12.6. The van der Waals surface area contributed by atoms with Gasteiger partial charge in [-0.05, 0) is 6.07 Å². The Morgan fingerprint density at radius 1 is 1.72 bits per heavy atom. The van der Waals surface area contributed by atoms with Crippen LogP contribution in [0.15, 0.2) is 12.3 Å². The van der Waals surface area contributed by atoms with Crippen molar-refractivity contribution in [2.75, 3.05) is 23.0 Å². The van der Waals surface area contributed by atoms with Crippen LogP contribution in [0.2, 0.25) is 0 Å². The maximum Gasteiger partial charge on any atom is 0.305 e. The van der Waals surface area contributed by atoms with Gasteiger partial charge in [-0.15, -0.1) is 5.10 Å². The lowest BCUT2D eigenvalue weighted by atomic mass is 10.1. The summed E-state index contributed by atoms with van der Waals surface area (Å²) >= 11 is 1.72. The Hall–Kier alpha value is -1.81. The number of carboxylic acids is 1. The van der Waals surface area contributed by atoms with Gasteiger partial charge in [-0.25, -0.2) is 0 Å². The van der Waals surface area contributed by atoms with Gasteiger partial charge >= 0.3 is 5.97 Å². The van der Waals surface area contributed by atoms with E-state index in [2.05, 4.69) is 16.3 Å². The van der Waals surface area contributed by atoms with Crippen LogP contribution in [0.5, 0.6) is 0 Å². The molecule has 94 valence electrons. The van der Waals surface area contributed by atoms with Crippen molar-refractivity contribution >= 4 is 23.5 Å². The summed E-state index contributed by atoms with van der Waals surface area (Å²) in [5.41, 5.74) is 0.437. The zero-order valence-electron chi connectivity index (χ0n) is 9.61. The molecular weight excluding hydrogens is 252 g/mol. The number of nitrogens with zero attached hydrogens (tertiary/aromatic N) is 4. The SMILES string of the molecule is N#Cc1ccnnc1N1CCSCC1CC(=O)O. The Labute approximate surface area is 109 Å². The van der Waals surface area contributed by atoms with E-state index in [0.29, 0.717) is 17.9 Å². The van der Waals surface area contributed by atoms with Crippen molar-refractivity contribution < 1.29 is 9.90 Å². The molecule has 1 aliphatic heterocycles. The maximum atomic E-state index is 10.9. The Morgan fingerprint density at radius 3 is 3.28 bits per heavy atom. The minimum Gasteiger partial charge on any atom is -0.481 e. The normalized spacial score (nSPS) is 19.3. The van der Waals surface area contributed by atoms with Crippen LogP contribution in [0.25, 0.3) is 0 Å². The molecule has 1 saturated heterocycles. The first-order chi connectivity index (χ1) is 8.72. The van der Waals surface area contributed by atoms with Gasteiger partial charge in [-0.1, -0.05) is 0 Å². The second-order valence-electron chi connectivity index (χ2n) is 3.90. The Morgan fingerprint density at radius 2 is 2.56 bits per heavy atom. The number of nitriles is 1. The van der Waals surface area contributed by atoms with E-state index in [1.807, 2.05) is 4.90 Å². The molecule has 0 saturated carbocycles. The smallest absolute Gasteiger partial charge is 0.305 e. The van der Waals surface area contributed by atoms with Crippen molar-refractivity contribution in [3.63, 3.8) is 0 Å². The lowest BCUT2D eigenvalue weighted by Gasteiger charge is -2.35. The summed E-state index contributed by atoms with van der Waals surface area (Å²) in [6.45, 7) is 0.690. The van der Waals surface area contributed by atoms with Crippen LogP contribution in [-0.4, -0.2) is 45.4 Å². The predicted octanol–water partition coefficient (Wildman–Crippen LogP) is 0.745. The summed E-state index contributed by atoms with van der Waals surface area (Å²) in [5.74, 6) is 1.28. The lowest BCUT2D eigenvalue weighted by Crippen LogP contribution is -2.44. The Kier molecular flexibility index (Phi) is 3.99. The topological polar surface area (TPSA) is 90.1 Å². The number of carbonyl (C=O) groups is 1. The van der Waals surface area contributed by atoms with E-state index in [1.54, 1.807) is 17.8 Å². The van der Waals surface area contributed by atoms with Crippen molar-refractivity contribution in [1.29, 1.82) is 5.26 Å². The molecule has 6 nitrogen and oxygen atoms in total. The van der Waals surface area contributed by atoms with Gasteiger partial charge in [0.15, 0.2) is 5.82 Å². The van der Waals surface area contributed by atoms with Crippen LogP contribution in [0, 0.1) is 11.3 Å². The third kappa shape index (κ3) is 2.71. The third-order valence-electron chi connectivity index (χ3n) is 2.73. The molecule has 1 fully saturated rings. The zero-order chi connectivity index (χ0) is 13.0. The average molecular weight is 264 g/mol. The van der Waals surface area contributed by atoms with Crippen molar-refractivity contribution in [2.45, 2.75) is 12.5 Å². The maximum absolute atomic E-state index is 10.9. The number of rotatable bonds is 3. The predicted molar refractivity (Wildman–Crippen MR) is 67.5 cm³/mol. The molecule has 7 heteroatoms. The third-order valence-corrected chi connectivity index (χ3v) is 3.82. The van der Waals surface area contributed by atoms with E-state index in [4.69, 9.17) is 10.4 Å². The van der Waals surface area contributed by atoms with Crippen LogP contribution in [0.3, 0.4) is 0 Å². The van der Waals surface area contributed by atoms with Crippen LogP contribution in [-0.2, 0) is 4.79 Å². The first-order valence-corrected chi connectivity index (χ1v) is 6.66. The minimum absolute atomic E-state index is 0.0500. The number of aromatic nitrogens is 2.